The third kappa shape index (κ3) is 17.3. The molecule has 0 aromatic rings. The highest BCUT2D eigenvalue weighted by molar-refractivity contribution is 6.17. The summed E-state index contributed by atoms with van der Waals surface area (Å²) in [5.74, 6) is 6.41. The van der Waals surface area contributed by atoms with Crippen LogP contribution in [0, 0.1) is 11.8 Å². The first-order chi connectivity index (χ1) is 10.3. The van der Waals surface area contributed by atoms with Crippen LogP contribution in [0.25, 0.3) is 0 Å². The van der Waals surface area contributed by atoms with E-state index in [0.29, 0.717) is 12.3 Å². The average Bonchev–Trinajstić information content (AvgIpc) is 2.48. The number of carbonyl (C=O) groups is 1. The van der Waals surface area contributed by atoms with Gasteiger partial charge in [0.15, 0.2) is 6.61 Å². The van der Waals surface area contributed by atoms with Gasteiger partial charge in [0.1, 0.15) is 0 Å². The highest BCUT2D eigenvalue weighted by atomic mass is 35.5. The van der Waals surface area contributed by atoms with Gasteiger partial charge in [0, 0.05) is 18.7 Å². The molecule has 0 aliphatic rings. The van der Waals surface area contributed by atoms with Gasteiger partial charge in [-0.3, -0.25) is 4.79 Å². The molecule has 0 saturated carbocycles. The molecule has 0 aliphatic carbocycles. The van der Waals surface area contributed by atoms with Crippen LogP contribution in [-0.2, 0) is 9.53 Å². The number of halogens is 1. The molecule has 0 atom stereocenters. The number of hydrogen-bond acceptors (Lipinski definition) is 2. The fraction of sp³-hybridized carbons (Fsp3) is 0.833. The molecule has 0 N–H and O–H groups in total. The van der Waals surface area contributed by atoms with Crippen LogP contribution < -0.4 is 0 Å². The molecule has 0 aromatic carbocycles. The molecule has 0 aliphatic heterocycles. The number of rotatable bonds is 13. The Morgan fingerprint density at radius 3 is 2.24 bits per heavy atom. The number of hydrogen-bond donors (Lipinski definition) is 0. The zero-order valence-electron chi connectivity index (χ0n) is 13.6. The van der Waals surface area contributed by atoms with E-state index in [9.17, 15) is 4.79 Å². The molecule has 0 radical (unpaired) electrons. The van der Waals surface area contributed by atoms with Crippen LogP contribution in [-0.4, -0.2) is 18.5 Å². The van der Waals surface area contributed by atoms with Gasteiger partial charge in [-0.25, -0.2) is 0 Å². The fourth-order valence-corrected chi connectivity index (χ4v) is 2.23. The molecule has 3 heteroatoms. The zero-order valence-corrected chi connectivity index (χ0v) is 14.3. The van der Waals surface area contributed by atoms with Crippen molar-refractivity contribution in [1.82, 2.24) is 0 Å². The van der Waals surface area contributed by atoms with E-state index in [2.05, 4.69) is 18.8 Å². The lowest BCUT2D eigenvalue weighted by molar-refractivity contribution is -0.142. The first kappa shape index (κ1) is 20.3. The maximum absolute atomic E-state index is 11.3. The standard InChI is InChI=1S/C18H31ClO2/c1-2-3-4-5-6-7-8-9-10-11-14-17-21-18(20)15-12-13-16-19/h2-10,12-13,15-17H2,1H3. The van der Waals surface area contributed by atoms with Crippen LogP contribution in [0.1, 0.15) is 84.0 Å². The minimum absolute atomic E-state index is 0.165. The van der Waals surface area contributed by atoms with Crippen molar-refractivity contribution in [3.63, 3.8) is 0 Å². The van der Waals surface area contributed by atoms with E-state index in [0.717, 1.165) is 25.7 Å². The maximum Gasteiger partial charge on any atom is 0.306 e. The van der Waals surface area contributed by atoms with Gasteiger partial charge in [-0.15, -0.1) is 11.6 Å². The Morgan fingerprint density at radius 1 is 0.905 bits per heavy atom. The van der Waals surface area contributed by atoms with Crippen LogP contribution in [0.4, 0.5) is 0 Å². The lowest BCUT2D eigenvalue weighted by Crippen LogP contribution is -2.04. The van der Waals surface area contributed by atoms with Crippen LogP contribution >= 0.6 is 11.6 Å². The van der Waals surface area contributed by atoms with Gasteiger partial charge in [-0.2, -0.15) is 0 Å². The van der Waals surface area contributed by atoms with Crippen molar-refractivity contribution in [3.8, 4) is 11.8 Å². The second kappa shape index (κ2) is 17.4. The quantitative estimate of drug-likeness (QED) is 0.195. The summed E-state index contributed by atoms with van der Waals surface area (Å²) in [4.78, 5) is 11.3. The van der Waals surface area contributed by atoms with Gasteiger partial charge in [0.2, 0.25) is 0 Å². The first-order valence-corrected chi connectivity index (χ1v) is 9.02. The lowest BCUT2D eigenvalue weighted by Gasteiger charge is -2.00. The van der Waals surface area contributed by atoms with Gasteiger partial charge < -0.3 is 4.74 Å². The minimum Gasteiger partial charge on any atom is -0.452 e. The van der Waals surface area contributed by atoms with Crippen molar-refractivity contribution in [2.24, 2.45) is 0 Å². The smallest absolute Gasteiger partial charge is 0.306 e. The van der Waals surface area contributed by atoms with Crippen LogP contribution in [0.5, 0.6) is 0 Å². The summed E-state index contributed by atoms with van der Waals surface area (Å²) < 4.78 is 5.02. The number of esters is 1. The Kier molecular flexibility index (Phi) is 16.8. The Balaban J connectivity index is 3.24. The zero-order chi connectivity index (χ0) is 15.6. The van der Waals surface area contributed by atoms with Crippen LogP contribution in [0.3, 0.4) is 0 Å². The number of ether oxygens (including phenoxy) is 1. The van der Waals surface area contributed by atoms with Gasteiger partial charge in [-0.05, 0) is 19.3 Å². The number of carbonyl (C=O) groups excluding carboxylic acids is 1. The molecule has 0 heterocycles. The Hall–Kier alpha value is -0.680. The number of unbranched alkanes of at least 4 members (excludes halogenated alkanes) is 9. The number of alkyl halides is 1. The monoisotopic (exact) mass is 314 g/mol. The molecule has 0 aromatic heterocycles. The molecule has 21 heavy (non-hydrogen) atoms. The molecule has 2 nitrogen and oxygen atoms in total. The molecule has 0 fully saturated rings. The van der Waals surface area contributed by atoms with Gasteiger partial charge in [0.25, 0.3) is 0 Å². The predicted octanol–water partition coefficient (Wildman–Crippen LogP) is 5.47. The van der Waals surface area contributed by atoms with E-state index in [4.69, 9.17) is 16.3 Å². The molecule has 122 valence electrons. The molecule has 0 bridgehead atoms. The molecule has 0 unspecified atom stereocenters. The molecule has 0 spiro atoms. The summed E-state index contributed by atoms with van der Waals surface area (Å²) in [6.07, 6.45) is 13.6. The van der Waals surface area contributed by atoms with Crippen LogP contribution in [0.2, 0.25) is 0 Å². The highest BCUT2D eigenvalue weighted by Crippen LogP contribution is 2.09. The summed E-state index contributed by atoms with van der Waals surface area (Å²) >= 11 is 5.54. The SMILES string of the molecule is CCCCCCCCCCC#CCOC(=O)CCCCCl. The van der Waals surface area contributed by atoms with Crippen molar-refractivity contribution in [2.45, 2.75) is 84.0 Å². The van der Waals surface area contributed by atoms with Gasteiger partial charge in [0.05, 0.1) is 0 Å². The van der Waals surface area contributed by atoms with E-state index in [-0.39, 0.29) is 12.6 Å². The third-order valence-corrected chi connectivity index (χ3v) is 3.62. The van der Waals surface area contributed by atoms with Crippen molar-refractivity contribution in [3.05, 3.63) is 0 Å². The Bertz CT molecular complexity index is 291. The molecule has 0 amide bonds. The predicted molar refractivity (Wildman–Crippen MR) is 90.5 cm³/mol. The molecule has 0 saturated heterocycles. The Morgan fingerprint density at radius 2 is 1.57 bits per heavy atom. The first-order valence-electron chi connectivity index (χ1n) is 8.48. The summed E-state index contributed by atoms with van der Waals surface area (Å²) in [6, 6.07) is 0. The summed E-state index contributed by atoms with van der Waals surface area (Å²) in [7, 11) is 0. The average molecular weight is 315 g/mol. The maximum atomic E-state index is 11.3. The van der Waals surface area contributed by atoms with Gasteiger partial charge >= 0.3 is 5.97 Å². The Labute approximate surface area is 136 Å². The largest absolute Gasteiger partial charge is 0.452 e. The normalized spacial score (nSPS) is 10.0. The third-order valence-electron chi connectivity index (χ3n) is 3.35. The second-order valence-corrected chi connectivity index (χ2v) is 5.76. The van der Waals surface area contributed by atoms with E-state index >= 15 is 0 Å². The lowest BCUT2D eigenvalue weighted by atomic mass is 10.1. The summed E-state index contributed by atoms with van der Waals surface area (Å²) in [6.45, 7) is 2.48. The highest BCUT2D eigenvalue weighted by Gasteiger charge is 2.00. The fourth-order valence-electron chi connectivity index (χ4n) is 2.04. The van der Waals surface area contributed by atoms with Crippen molar-refractivity contribution >= 4 is 17.6 Å². The van der Waals surface area contributed by atoms with Crippen molar-refractivity contribution in [2.75, 3.05) is 12.5 Å². The van der Waals surface area contributed by atoms with E-state index in [1.54, 1.807) is 0 Å². The second-order valence-electron chi connectivity index (χ2n) is 5.39. The summed E-state index contributed by atoms with van der Waals surface area (Å²) in [5, 5.41) is 0. The van der Waals surface area contributed by atoms with E-state index < -0.39 is 0 Å². The molecular weight excluding hydrogens is 284 g/mol. The van der Waals surface area contributed by atoms with Crippen molar-refractivity contribution in [1.29, 1.82) is 0 Å². The van der Waals surface area contributed by atoms with Crippen molar-refractivity contribution < 1.29 is 9.53 Å². The van der Waals surface area contributed by atoms with Gasteiger partial charge in [-0.1, -0.05) is 63.7 Å². The summed E-state index contributed by atoms with van der Waals surface area (Å²) in [5.41, 5.74) is 0. The van der Waals surface area contributed by atoms with Crippen LogP contribution in [0.15, 0.2) is 0 Å². The topological polar surface area (TPSA) is 26.3 Å². The molecular formula is C18H31ClO2. The van der Waals surface area contributed by atoms with E-state index in [1.165, 1.54) is 44.9 Å². The molecule has 0 rings (SSSR count). The minimum atomic E-state index is -0.165. The van der Waals surface area contributed by atoms with E-state index in [1.807, 2.05) is 0 Å².